The maximum Gasteiger partial charge on any atom is 0.246 e. The molecular formula is C40H58N4O4. The Morgan fingerprint density at radius 2 is 1.31 bits per heavy atom. The highest BCUT2D eigenvalue weighted by atomic mass is 16.2. The van der Waals surface area contributed by atoms with Crippen LogP contribution < -0.4 is 16.0 Å². The summed E-state index contributed by atoms with van der Waals surface area (Å²) in [5, 5.41) is 9.60. The number of carbonyl (C=O) groups is 4. The van der Waals surface area contributed by atoms with Gasteiger partial charge in [0.25, 0.3) is 0 Å². The van der Waals surface area contributed by atoms with Crippen molar-refractivity contribution in [2.75, 3.05) is 6.54 Å². The third-order valence-electron chi connectivity index (χ3n) is 9.61. The zero-order valence-electron chi connectivity index (χ0n) is 30.2. The largest absolute Gasteiger partial charge is 0.351 e. The molecular weight excluding hydrogens is 600 g/mol. The van der Waals surface area contributed by atoms with Gasteiger partial charge in [-0.25, -0.2) is 0 Å². The zero-order chi connectivity index (χ0) is 35.1. The van der Waals surface area contributed by atoms with Crippen LogP contribution in [0.4, 0.5) is 0 Å². The summed E-state index contributed by atoms with van der Waals surface area (Å²) in [7, 11) is 0. The van der Waals surface area contributed by atoms with E-state index in [1.54, 1.807) is 4.90 Å². The van der Waals surface area contributed by atoms with Gasteiger partial charge in [-0.05, 0) is 91.2 Å². The summed E-state index contributed by atoms with van der Waals surface area (Å²) < 4.78 is 0. The van der Waals surface area contributed by atoms with Gasteiger partial charge in [0.05, 0.1) is 18.0 Å². The Morgan fingerprint density at radius 1 is 0.750 bits per heavy atom. The van der Waals surface area contributed by atoms with Crippen molar-refractivity contribution in [3.63, 3.8) is 0 Å². The van der Waals surface area contributed by atoms with E-state index in [0.717, 1.165) is 43.2 Å². The van der Waals surface area contributed by atoms with Crippen molar-refractivity contribution < 1.29 is 19.2 Å². The van der Waals surface area contributed by atoms with E-state index >= 15 is 0 Å². The van der Waals surface area contributed by atoms with Gasteiger partial charge in [0.2, 0.25) is 17.7 Å². The van der Waals surface area contributed by atoms with E-state index in [-0.39, 0.29) is 47.3 Å². The highest BCUT2D eigenvalue weighted by molar-refractivity contribution is 5.96. The molecule has 4 atom stereocenters. The molecule has 1 aliphatic heterocycles. The molecule has 0 spiro atoms. The van der Waals surface area contributed by atoms with Crippen molar-refractivity contribution in [3.8, 4) is 0 Å². The van der Waals surface area contributed by atoms with E-state index in [1.807, 2.05) is 109 Å². The van der Waals surface area contributed by atoms with Crippen molar-refractivity contribution in [1.82, 2.24) is 20.9 Å². The Hall–Kier alpha value is -3.52. The van der Waals surface area contributed by atoms with Crippen LogP contribution >= 0.6 is 0 Å². The van der Waals surface area contributed by atoms with Gasteiger partial charge in [0.1, 0.15) is 6.04 Å². The van der Waals surface area contributed by atoms with Crippen molar-refractivity contribution in [1.29, 1.82) is 0 Å². The first-order valence-electron chi connectivity index (χ1n) is 18.0. The topological polar surface area (TPSA) is 108 Å². The summed E-state index contributed by atoms with van der Waals surface area (Å²) in [6.45, 7) is 14.1. The molecule has 2 aliphatic rings. The standard InChI is InChI=1S/C40H58N4O4/c1-27(42-39(2,3)4)36(46)41-35(30-22-15-10-16-23-30)38(48)44-25-17-24-32(44)33(45)26-31(37(47)43-40(5,6)7)34(28-18-11-8-12-19-28)29-20-13-9-14-21-29/h8-9,11-14,18-21,27,30-32,34-35,42H,10,15-17,22-26H2,1-7H3,(H,41,46)(H,43,47)/t27-,31-,32-,35-/m0/s1. The Kier molecular flexibility index (Phi) is 12.6. The highest BCUT2D eigenvalue weighted by Gasteiger charge is 2.43. The maximum atomic E-state index is 14.4. The van der Waals surface area contributed by atoms with Gasteiger partial charge in [-0.15, -0.1) is 0 Å². The number of ketones is 1. The smallest absolute Gasteiger partial charge is 0.246 e. The summed E-state index contributed by atoms with van der Waals surface area (Å²) in [6, 6.07) is 18.0. The predicted molar refractivity (Wildman–Crippen MR) is 191 cm³/mol. The second kappa shape index (κ2) is 16.3. The molecule has 1 heterocycles. The van der Waals surface area contributed by atoms with Crippen molar-refractivity contribution in [2.24, 2.45) is 11.8 Å². The number of hydrogen-bond acceptors (Lipinski definition) is 5. The Balaban J connectivity index is 1.63. The number of rotatable bonds is 12. The van der Waals surface area contributed by atoms with Gasteiger partial charge in [0.15, 0.2) is 5.78 Å². The van der Waals surface area contributed by atoms with E-state index in [0.29, 0.717) is 19.4 Å². The second-order valence-electron chi connectivity index (χ2n) is 16.0. The minimum absolute atomic E-state index is 0.00218. The summed E-state index contributed by atoms with van der Waals surface area (Å²) >= 11 is 0. The normalized spacial score (nSPS) is 19.4. The lowest BCUT2D eigenvalue weighted by Gasteiger charge is -2.36. The van der Waals surface area contributed by atoms with Gasteiger partial charge in [-0.1, -0.05) is 79.9 Å². The molecule has 3 N–H and O–H groups in total. The minimum atomic E-state index is -0.684. The number of nitrogens with one attached hydrogen (secondary N) is 3. The summed E-state index contributed by atoms with van der Waals surface area (Å²) in [6.07, 6.45) is 6.16. The summed E-state index contributed by atoms with van der Waals surface area (Å²) in [5.74, 6) is -1.68. The minimum Gasteiger partial charge on any atom is -0.351 e. The SMILES string of the molecule is C[C@H](NC(C)(C)C)C(=O)N[C@H](C(=O)N1CCC[C@H]1C(=O)C[C@H](C(=O)NC(C)(C)C)C(c1ccccc1)c1ccccc1)C1CCCCC1. The predicted octanol–water partition coefficient (Wildman–Crippen LogP) is 6.14. The summed E-state index contributed by atoms with van der Waals surface area (Å²) in [4.78, 5) is 58.1. The lowest BCUT2D eigenvalue weighted by atomic mass is 9.76. The maximum absolute atomic E-state index is 14.4. The van der Waals surface area contributed by atoms with Crippen molar-refractivity contribution >= 4 is 23.5 Å². The zero-order valence-corrected chi connectivity index (χ0v) is 30.2. The Labute approximate surface area is 288 Å². The van der Waals surface area contributed by atoms with E-state index in [2.05, 4.69) is 16.0 Å². The van der Waals surface area contributed by atoms with Crippen LogP contribution in [-0.2, 0) is 19.2 Å². The third kappa shape index (κ3) is 10.2. The van der Waals surface area contributed by atoms with Gasteiger partial charge in [-0.2, -0.15) is 0 Å². The average Bonchev–Trinajstić information content (AvgIpc) is 3.53. The van der Waals surface area contributed by atoms with Crippen LogP contribution in [0.1, 0.15) is 117 Å². The number of benzene rings is 2. The fourth-order valence-electron chi connectivity index (χ4n) is 7.54. The Bertz CT molecular complexity index is 1340. The molecule has 8 heteroatoms. The number of likely N-dealkylation sites (tertiary alicyclic amines) is 1. The first kappa shape index (κ1) is 37.3. The van der Waals surface area contributed by atoms with E-state index in [4.69, 9.17) is 0 Å². The monoisotopic (exact) mass is 658 g/mol. The molecule has 3 amide bonds. The molecule has 2 fully saturated rings. The van der Waals surface area contributed by atoms with Crippen molar-refractivity contribution in [3.05, 3.63) is 71.8 Å². The fourth-order valence-corrected chi connectivity index (χ4v) is 7.54. The average molecular weight is 659 g/mol. The lowest BCUT2D eigenvalue weighted by Crippen LogP contribution is -2.59. The van der Waals surface area contributed by atoms with Crippen LogP contribution in [0.5, 0.6) is 0 Å². The molecule has 1 saturated carbocycles. The molecule has 1 aliphatic carbocycles. The van der Waals surface area contributed by atoms with Gasteiger partial charge < -0.3 is 20.9 Å². The highest BCUT2D eigenvalue weighted by Crippen LogP contribution is 2.37. The van der Waals surface area contributed by atoms with E-state index in [1.165, 1.54) is 0 Å². The van der Waals surface area contributed by atoms with Crippen LogP contribution in [0.3, 0.4) is 0 Å². The number of Topliss-reactive ketones (excluding diaryl/α,β-unsaturated/α-hetero) is 1. The van der Waals surface area contributed by atoms with Crippen LogP contribution in [0.15, 0.2) is 60.7 Å². The first-order chi connectivity index (χ1) is 22.6. The van der Waals surface area contributed by atoms with Crippen LogP contribution in [0.2, 0.25) is 0 Å². The van der Waals surface area contributed by atoms with E-state index in [9.17, 15) is 19.2 Å². The fraction of sp³-hybridized carbons (Fsp3) is 0.600. The van der Waals surface area contributed by atoms with E-state index < -0.39 is 29.6 Å². The molecule has 2 aromatic carbocycles. The lowest BCUT2D eigenvalue weighted by molar-refractivity contribution is -0.143. The molecule has 0 aromatic heterocycles. The quantitative estimate of drug-likeness (QED) is 0.254. The van der Waals surface area contributed by atoms with Gasteiger partial charge in [0, 0.05) is 30.0 Å². The first-order valence-corrected chi connectivity index (χ1v) is 18.0. The number of hydrogen-bond donors (Lipinski definition) is 3. The molecule has 0 radical (unpaired) electrons. The molecule has 0 bridgehead atoms. The third-order valence-corrected chi connectivity index (χ3v) is 9.61. The van der Waals surface area contributed by atoms with Crippen LogP contribution in [0.25, 0.3) is 0 Å². The number of carbonyl (C=O) groups excluding carboxylic acids is 4. The number of amides is 3. The second-order valence-corrected chi connectivity index (χ2v) is 16.0. The molecule has 8 nitrogen and oxygen atoms in total. The molecule has 48 heavy (non-hydrogen) atoms. The number of nitrogens with zero attached hydrogens (tertiary/aromatic N) is 1. The van der Waals surface area contributed by atoms with Crippen LogP contribution in [0, 0.1) is 11.8 Å². The molecule has 4 rings (SSSR count). The van der Waals surface area contributed by atoms with Crippen LogP contribution in [-0.4, -0.2) is 64.2 Å². The van der Waals surface area contributed by atoms with Gasteiger partial charge in [-0.3, -0.25) is 19.2 Å². The van der Waals surface area contributed by atoms with Gasteiger partial charge >= 0.3 is 0 Å². The molecule has 1 saturated heterocycles. The molecule has 2 aromatic rings. The Morgan fingerprint density at radius 3 is 1.83 bits per heavy atom. The summed E-state index contributed by atoms with van der Waals surface area (Å²) in [5.41, 5.74) is 1.17. The van der Waals surface area contributed by atoms with Crippen molar-refractivity contribution in [2.45, 2.75) is 135 Å². The molecule has 0 unspecified atom stereocenters. The molecule has 262 valence electrons.